The third-order valence-corrected chi connectivity index (χ3v) is 3.62. The Labute approximate surface area is 106 Å². The summed E-state index contributed by atoms with van der Waals surface area (Å²) in [6, 6.07) is 2.88. The van der Waals surface area contributed by atoms with Gasteiger partial charge >= 0.3 is 0 Å². The van der Waals surface area contributed by atoms with Crippen molar-refractivity contribution in [2.45, 2.75) is 64.5 Å². The van der Waals surface area contributed by atoms with Gasteiger partial charge in [0.15, 0.2) is 0 Å². The van der Waals surface area contributed by atoms with Gasteiger partial charge in [-0.2, -0.15) is 5.26 Å². The molecule has 1 unspecified atom stereocenters. The van der Waals surface area contributed by atoms with Gasteiger partial charge in [0, 0.05) is 12.6 Å². The lowest BCUT2D eigenvalue weighted by Crippen LogP contribution is -2.50. The largest absolute Gasteiger partial charge is 0.313 e. The maximum absolute atomic E-state index is 9.06. The lowest BCUT2D eigenvalue weighted by Gasteiger charge is -2.33. The van der Waals surface area contributed by atoms with Crippen LogP contribution in [0.15, 0.2) is 0 Å². The van der Waals surface area contributed by atoms with Crippen molar-refractivity contribution in [3.63, 3.8) is 0 Å². The Bertz CT molecular complexity index is 259. The molecule has 3 heteroatoms. The first kappa shape index (κ1) is 14.5. The van der Waals surface area contributed by atoms with Crippen LogP contribution in [-0.2, 0) is 0 Å². The van der Waals surface area contributed by atoms with Gasteiger partial charge in [0.2, 0.25) is 0 Å². The van der Waals surface area contributed by atoms with Crippen molar-refractivity contribution in [1.82, 2.24) is 4.90 Å². The molecule has 0 radical (unpaired) electrons. The molecule has 1 rings (SSSR count). The zero-order chi connectivity index (χ0) is 12.9. The summed E-state index contributed by atoms with van der Waals surface area (Å²) in [6.45, 7) is 8.12. The van der Waals surface area contributed by atoms with Crippen molar-refractivity contribution in [2.24, 2.45) is 11.7 Å². The second kappa shape index (κ2) is 6.37. The molecule has 2 N–H and O–H groups in total. The fourth-order valence-corrected chi connectivity index (χ4v) is 2.54. The quantitative estimate of drug-likeness (QED) is 0.772. The van der Waals surface area contributed by atoms with Gasteiger partial charge in [-0.1, -0.05) is 26.7 Å². The van der Waals surface area contributed by atoms with E-state index < -0.39 is 5.54 Å². The lowest BCUT2D eigenvalue weighted by atomic mass is 10.0. The normalized spacial score (nSPS) is 20.8. The second-order valence-electron chi connectivity index (χ2n) is 6.12. The van der Waals surface area contributed by atoms with Crippen LogP contribution in [0.5, 0.6) is 0 Å². The van der Waals surface area contributed by atoms with Gasteiger partial charge in [-0.15, -0.1) is 0 Å². The summed E-state index contributed by atoms with van der Waals surface area (Å²) in [7, 11) is 0. The maximum Gasteiger partial charge on any atom is 0.114 e. The first-order valence-electron chi connectivity index (χ1n) is 6.89. The van der Waals surface area contributed by atoms with E-state index in [0.717, 1.165) is 6.54 Å². The van der Waals surface area contributed by atoms with Crippen LogP contribution in [0.1, 0.15) is 52.9 Å². The number of rotatable bonds is 6. The molecule has 1 fully saturated rings. The topological polar surface area (TPSA) is 53.0 Å². The molecular formula is C14H27N3. The molecule has 0 aromatic heterocycles. The highest BCUT2D eigenvalue weighted by atomic mass is 15.2. The fourth-order valence-electron chi connectivity index (χ4n) is 2.54. The van der Waals surface area contributed by atoms with Gasteiger partial charge in [0.25, 0.3) is 0 Å². The maximum atomic E-state index is 9.06. The summed E-state index contributed by atoms with van der Waals surface area (Å²) in [5.41, 5.74) is 5.28. The molecule has 0 amide bonds. The standard InChI is InChI=1S/C14H27N3/c1-12(2)8-9-17(11-14(3,16)10-15)13-6-4-5-7-13/h12-13H,4-9,11,16H2,1-3H3. The number of hydrogen-bond donors (Lipinski definition) is 1. The average molecular weight is 237 g/mol. The molecular weight excluding hydrogens is 210 g/mol. The highest BCUT2D eigenvalue weighted by Crippen LogP contribution is 2.25. The van der Waals surface area contributed by atoms with Crippen molar-refractivity contribution in [2.75, 3.05) is 13.1 Å². The first-order valence-corrected chi connectivity index (χ1v) is 6.89. The third-order valence-electron chi connectivity index (χ3n) is 3.62. The molecule has 0 bridgehead atoms. The lowest BCUT2D eigenvalue weighted by molar-refractivity contribution is 0.166. The van der Waals surface area contributed by atoms with E-state index >= 15 is 0 Å². The monoisotopic (exact) mass is 237 g/mol. The van der Waals surface area contributed by atoms with Gasteiger partial charge in [-0.25, -0.2) is 0 Å². The Morgan fingerprint density at radius 3 is 2.47 bits per heavy atom. The summed E-state index contributed by atoms with van der Waals surface area (Å²) in [5, 5.41) is 9.06. The second-order valence-corrected chi connectivity index (χ2v) is 6.12. The van der Waals surface area contributed by atoms with E-state index in [1.54, 1.807) is 0 Å². The molecule has 1 atom stereocenters. The number of nitriles is 1. The van der Waals surface area contributed by atoms with Crippen LogP contribution in [0.2, 0.25) is 0 Å². The molecule has 0 aromatic rings. The minimum Gasteiger partial charge on any atom is -0.313 e. The molecule has 0 spiro atoms. The SMILES string of the molecule is CC(C)CCN(CC(C)(N)C#N)C1CCCC1. The Morgan fingerprint density at radius 2 is 2.00 bits per heavy atom. The van der Waals surface area contributed by atoms with Crippen molar-refractivity contribution in [3.05, 3.63) is 0 Å². The van der Waals surface area contributed by atoms with Gasteiger partial charge in [-0.05, 0) is 38.6 Å². The Hall–Kier alpha value is -0.590. The Kier molecular flexibility index (Phi) is 5.42. The van der Waals surface area contributed by atoms with Crippen LogP contribution in [0, 0.1) is 17.2 Å². The van der Waals surface area contributed by atoms with Gasteiger partial charge < -0.3 is 5.73 Å². The molecule has 1 saturated carbocycles. The van der Waals surface area contributed by atoms with E-state index in [0.29, 0.717) is 18.5 Å². The van der Waals surface area contributed by atoms with Gasteiger partial charge in [-0.3, -0.25) is 4.90 Å². The summed E-state index contributed by atoms with van der Waals surface area (Å²) >= 11 is 0. The van der Waals surface area contributed by atoms with Crippen molar-refractivity contribution < 1.29 is 0 Å². The molecule has 3 nitrogen and oxygen atoms in total. The zero-order valence-corrected chi connectivity index (χ0v) is 11.6. The summed E-state index contributed by atoms with van der Waals surface area (Å²) in [5.74, 6) is 0.713. The van der Waals surface area contributed by atoms with Gasteiger partial charge in [0.1, 0.15) is 5.54 Å². The summed E-state index contributed by atoms with van der Waals surface area (Å²) in [6.07, 6.45) is 6.41. The van der Waals surface area contributed by atoms with Crippen LogP contribution >= 0.6 is 0 Å². The minimum absolute atomic E-state index is 0.657. The predicted molar refractivity (Wildman–Crippen MR) is 71.5 cm³/mol. The number of hydrogen-bond acceptors (Lipinski definition) is 3. The summed E-state index contributed by atoms with van der Waals surface area (Å²) < 4.78 is 0. The number of nitrogens with two attached hydrogens (primary N) is 1. The molecule has 0 aliphatic heterocycles. The van der Waals surface area contributed by atoms with E-state index in [4.69, 9.17) is 11.0 Å². The smallest absolute Gasteiger partial charge is 0.114 e. The van der Waals surface area contributed by atoms with Crippen LogP contribution < -0.4 is 5.73 Å². The van der Waals surface area contributed by atoms with Crippen molar-refractivity contribution in [1.29, 1.82) is 5.26 Å². The van der Waals surface area contributed by atoms with E-state index in [2.05, 4.69) is 24.8 Å². The molecule has 0 heterocycles. The molecule has 17 heavy (non-hydrogen) atoms. The summed E-state index contributed by atoms with van der Waals surface area (Å²) in [4.78, 5) is 2.45. The average Bonchev–Trinajstić information content (AvgIpc) is 2.77. The molecule has 1 aliphatic rings. The number of nitrogens with zero attached hydrogens (tertiary/aromatic N) is 2. The highest BCUT2D eigenvalue weighted by molar-refractivity contribution is 5.03. The third kappa shape index (κ3) is 5.06. The van der Waals surface area contributed by atoms with Gasteiger partial charge in [0.05, 0.1) is 6.07 Å². The van der Waals surface area contributed by atoms with Crippen molar-refractivity contribution >= 4 is 0 Å². The molecule has 0 saturated heterocycles. The first-order chi connectivity index (χ1) is 7.94. The van der Waals surface area contributed by atoms with E-state index in [9.17, 15) is 0 Å². The molecule has 98 valence electrons. The van der Waals surface area contributed by atoms with E-state index in [1.807, 2.05) is 6.92 Å². The predicted octanol–water partition coefficient (Wildman–Crippen LogP) is 2.52. The fraction of sp³-hybridized carbons (Fsp3) is 0.929. The van der Waals surface area contributed by atoms with E-state index in [1.165, 1.54) is 32.1 Å². The van der Waals surface area contributed by atoms with Crippen molar-refractivity contribution in [3.8, 4) is 6.07 Å². The highest BCUT2D eigenvalue weighted by Gasteiger charge is 2.28. The van der Waals surface area contributed by atoms with Crippen LogP contribution in [0.3, 0.4) is 0 Å². The molecule has 0 aromatic carbocycles. The van der Waals surface area contributed by atoms with Crippen LogP contribution in [0.4, 0.5) is 0 Å². The Balaban J connectivity index is 2.55. The van der Waals surface area contributed by atoms with E-state index in [-0.39, 0.29) is 0 Å². The van der Waals surface area contributed by atoms with Crippen LogP contribution in [-0.4, -0.2) is 29.6 Å². The Morgan fingerprint density at radius 1 is 1.41 bits per heavy atom. The molecule has 1 aliphatic carbocycles. The zero-order valence-electron chi connectivity index (χ0n) is 11.6. The minimum atomic E-state index is -0.709. The van der Waals surface area contributed by atoms with Crippen LogP contribution in [0.25, 0.3) is 0 Å².